The summed E-state index contributed by atoms with van der Waals surface area (Å²) in [6.07, 6.45) is 5.71. The normalized spacial score (nSPS) is 34.2. The maximum absolute atomic E-state index is 11.4. The van der Waals surface area contributed by atoms with Crippen LogP contribution in [0.3, 0.4) is 0 Å². The van der Waals surface area contributed by atoms with E-state index < -0.39 is 0 Å². The molecule has 13 heavy (non-hydrogen) atoms. The number of rotatable bonds is 1. The van der Waals surface area contributed by atoms with Gasteiger partial charge in [0.1, 0.15) is 0 Å². The summed E-state index contributed by atoms with van der Waals surface area (Å²) >= 11 is 0. The number of carbonyl (C=O) groups excluding carboxylic acids is 1. The molecule has 3 aliphatic rings. The van der Waals surface area contributed by atoms with Crippen LogP contribution in [0.5, 0.6) is 0 Å². The number of hydrogen-bond acceptors (Lipinski definition) is 2. The second-order valence-corrected chi connectivity index (χ2v) is 4.32. The number of piperidine rings is 1. The van der Waals surface area contributed by atoms with Gasteiger partial charge in [0, 0.05) is 12.6 Å². The predicted molar refractivity (Wildman–Crippen MR) is 52.5 cm³/mol. The lowest BCUT2D eigenvalue weighted by Crippen LogP contribution is -2.39. The van der Waals surface area contributed by atoms with Crippen molar-refractivity contribution in [3.63, 3.8) is 0 Å². The van der Waals surface area contributed by atoms with Gasteiger partial charge in [0.05, 0.1) is 0 Å². The van der Waals surface area contributed by atoms with Gasteiger partial charge in [-0.3, -0.25) is 4.79 Å². The molecule has 0 radical (unpaired) electrons. The summed E-state index contributed by atoms with van der Waals surface area (Å²) in [5.41, 5.74) is 1.09. The molecule has 2 nitrogen and oxygen atoms in total. The summed E-state index contributed by atoms with van der Waals surface area (Å²) in [7, 11) is 2.17. The summed E-state index contributed by atoms with van der Waals surface area (Å²) < 4.78 is 0. The van der Waals surface area contributed by atoms with Crippen molar-refractivity contribution in [2.45, 2.75) is 32.2 Å². The van der Waals surface area contributed by atoms with Gasteiger partial charge >= 0.3 is 0 Å². The molecule has 1 aliphatic carbocycles. The van der Waals surface area contributed by atoms with Crippen molar-refractivity contribution in [1.29, 1.82) is 0 Å². The minimum Gasteiger partial charge on any atom is -0.303 e. The van der Waals surface area contributed by atoms with Crippen LogP contribution in [0.4, 0.5) is 0 Å². The van der Waals surface area contributed by atoms with Crippen LogP contribution in [0.2, 0.25) is 0 Å². The highest BCUT2D eigenvalue weighted by Crippen LogP contribution is 2.32. The van der Waals surface area contributed by atoms with E-state index in [1.807, 2.05) is 0 Å². The fraction of sp³-hybridized carbons (Fsp3) is 0.727. The fourth-order valence-corrected chi connectivity index (χ4v) is 2.61. The number of ketones is 1. The Kier molecular flexibility index (Phi) is 2.24. The van der Waals surface area contributed by atoms with Crippen LogP contribution in [0, 0.1) is 5.92 Å². The van der Waals surface area contributed by atoms with Crippen LogP contribution in [-0.2, 0) is 4.79 Å². The smallest absolute Gasteiger partial charge is 0.155 e. The molecule has 2 atom stereocenters. The van der Waals surface area contributed by atoms with E-state index in [-0.39, 0.29) is 5.78 Å². The van der Waals surface area contributed by atoms with Crippen molar-refractivity contribution in [1.82, 2.24) is 4.90 Å². The molecule has 0 unspecified atom stereocenters. The van der Waals surface area contributed by atoms with Gasteiger partial charge in [-0.05, 0) is 44.7 Å². The van der Waals surface area contributed by atoms with Gasteiger partial charge in [0.25, 0.3) is 0 Å². The van der Waals surface area contributed by atoms with E-state index in [9.17, 15) is 4.79 Å². The zero-order chi connectivity index (χ0) is 9.42. The first-order chi connectivity index (χ1) is 6.18. The molecule has 2 bridgehead atoms. The van der Waals surface area contributed by atoms with Gasteiger partial charge in [0.2, 0.25) is 0 Å². The second kappa shape index (κ2) is 3.26. The van der Waals surface area contributed by atoms with Crippen molar-refractivity contribution in [3.05, 3.63) is 11.6 Å². The van der Waals surface area contributed by atoms with Crippen LogP contribution in [0.1, 0.15) is 26.2 Å². The van der Waals surface area contributed by atoms with Gasteiger partial charge in [-0.15, -0.1) is 0 Å². The zero-order valence-corrected chi connectivity index (χ0v) is 8.42. The number of fused-ring (bicyclic) bond motifs is 3. The molecule has 2 heterocycles. The predicted octanol–water partition coefficient (Wildman–Crippen LogP) is 1.62. The Labute approximate surface area is 79.6 Å². The Balaban J connectivity index is 2.23. The molecule has 2 aliphatic heterocycles. The van der Waals surface area contributed by atoms with Gasteiger partial charge in [-0.25, -0.2) is 0 Å². The van der Waals surface area contributed by atoms with Crippen molar-refractivity contribution in [3.8, 4) is 0 Å². The van der Waals surface area contributed by atoms with E-state index in [0.29, 0.717) is 12.0 Å². The van der Waals surface area contributed by atoms with E-state index in [0.717, 1.165) is 18.5 Å². The van der Waals surface area contributed by atoms with E-state index in [1.54, 1.807) is 6.92 Å². The van der Waals surface area contributed by atoms with Crippen molar-refractivity contribution in [2.75, 3.05) is 13.6 Å². The van der Waals surface area contributed by atoms with E-state index in [4.69, 9.17) is 0 Å². The topological polar surface area (TPSA) is 20.3 Å². The molecule has 0 amide bonds. The SMILES string of the molecule is CC(=O)C1=CC[C@H]2CC[C@@H]1CN2C. The Morgan fingerprint density at radius 1 is 1.54 bits per heavy atom. The van der Waals surface area contributed by atoms with E-state index in [1.165, 1.54) is 12.8 Å². The summed E-state index contributed by atoms with van der Waals surface area (Å²) in [5.74, 6) is 0.794. The first-order valence-corrected chi connectivity index (χ1v) is 5.09. The van der Waals surface area contributed by atoms with E-state index in [2.05, 4.69) is 18.0 Å². The third-order valence-electron chi connectivity index (χ3n) is 3.44. The zero-order valence-electron chi connectivity index (χ0n) is 8.42. The molecule has 1 saturated heterocycles. The molecule has 1 fully saturated rings. The highest BCUT2D eigenvalue weighted by Gasteiger charge is 2.31. The second-order valence-electron chi connectivity index (χ2n) is 4.32. The van der Waals surface area contributed by atoms with Crippen LogP contribution in [0.25, 0.3) is 0 Å². The first kappa shape index (κ1) is 8.95. The number of nitrogens with zero attached hydrogens (tertiary/aromatic N) is 1. The van der Waals surface area contributed by atoms with Crippen molar-refractivity contribution >= 4 is 5.78 Å². The summed E-state index contributed by atoms with van der Waals surface area (Å²) in [4.78, 5) is 13.8. The molecule has 0 saturated carbocycles. The Bertz CT molecular complexity index is 257. The van der Waals surface area contributed by atoms with Crippen molar-refractivity contribution in [2.24, 2.45) is 5.92 Å². The summed E-state index contributed by atoms with van der Waals surface area (Å²) in [6, 6.07) is 0.688. The molecular formula is C11H17NO. The first-order valence-electron chi connectivity index (χ1n) is 5.09. The largest absolute Gasteiger partial charge is 0.303 e. The molecule has 0 spiro atoms. The third kappa shape index (κ3) is 1.55. The Morgan fingerprint density at radius 2 is 2.31 bits per heavy atom. The number of hydrogen-bond donors (Lipinski definition) is 0. The van der Waals surface area contributed by atoms with Crippen LogP contribution in [-0.4, -0.2) is 30.3 Å². The highest BCUT2D eigenvalue weighted by molar-refractivity contribution is 5.93. The maximum Gasteiger partial charge on any atom is 0.155 e. The van der Waals surface area contributed by atoms with Gasteiger partial charge in [0.15, 0.2) is 5.78 Å². The molecule has 0 N–H and O–H groups in total. The number of carbonyl (C=O) groups is 1. The molecule has 2 heteroatoms. The lowest BCUT2D eigenvalue weighted by Gasteiger charge is -2.34. The molecule has 3 rings (SSSR count). The van der Waals surface area contributed by atoms with Crippen LogP contribution in [0.15, 0.2) is 11.6 Å². The van der Waals surface area contributed by atoms with Crippen molar-refractivity contribution < 1.29 is 4.79 Å². The Hall–Kier alpha value is -0.630. The number of Topliss-reactive ketones (excluding diaryl/α,β-unsaturated/α-hetero) is 1. The summed E-state index contributed by atoms with van der Waals surface area (Å²) in [5, 5.41) is 0. The average Bonchev–Trinajstić information content (AvgIpc) is 2.34. The monoisotopic (exact) mass is 179 g/mol. The third-order valence-corrected chi connectivity index (χ3v) is 3.44. The quantitative estimate of drug-likeness (QED) is 0.609. The highest BCUT2D eigenvalue weighted by atomic mass is 16.1. The molecule has 72 valence electrons. The fourth-order valence-electron chi connectivity index (χ4n) is 2.61. The minimum atomic E-state index is 0.279. The summed E-state index contributed by atoms with van der Waals surface area (Å²) in [6.45, 7) is 2.78. The molecular weight excluding hydrogens is 162 g/mol. The molecule has 0 aromatic heterocycles. The standard InChI is InChI=1S/C11H17NO/c1-8(13)11-6-5-10-4-3-9(11)7-12(10)2/h6,9-10H,3-5,7H2,1-2H3/t9-,10-/m1/s1. The van der Waals surface area contributed by atoms with Gasteiger partial charge < -0.3 is 4.90 Å². The van der Waals surface area contributed by atoms with E-state index >= 15 is 0 Å². The Morgan fingerprint density at radius 3 is 2.92 bits per heavy atom. The molecule has 0 aromatic carbocycles. The molecule has 0 aromatic rings. The lowest BCUT2D eigenvalue weighted by atomic mass is 9.89. The minimum absolute atomic E-state index is 0.279. The van der Waals surface area contributed by atoms with Gasteiger partial charge in [-0.1, -0.05) is 6.08 Å². The van der Waals surface area contributed by atoms with Crippen LogP contribution >= 0.6 is 0 Å². The average molecular weight is 179 g/mol. The van der Waals surface area contributed by atoms with Gasteiger partial charge in [-0.2, -0.15) is 0 Å². The van der Waals surface area contributed by atoms with Crippen LogP contribution < -0.4 is 0 Å². The maximum atomic E-state index is 11.4. The lowest BCUT2D eigenvalue weighted by molar-refractivity contribution is -0.114.